The summed E-state index contributed by atoms with van der Waals surface area (Å²) in [4.78, 5) is 47.4. The van der Waals surface area contributed by atoms with Crippen molar-refractivity contribution in [3.05, 3.63) is 37.0 Å². The Morgan fingerprint density at radius 2 is 1.03 bits per heavy atom. The molecular formula is C52H103N3O10Si3. The van der Waals surface area contributed by atoms with Crippen LogP contribution in [0.2, 0.25) is 54.4 Å². The van der Waals surface area contributed by atoms with Crippen LogP contribution in [0, 0.1) is 41.4 Å². The molecule has 0 unspecified atom stereocenters. The Morgan fingerprint density at radius 3 is 1.43 bits per heavy atom. The number of hydrogen-bond donors (Lipinski definition) is 3. The lowest BCUT2D eigenvalue weighted by atomic mass is 9.83. The fourth-order valence-corrected chi connectivity index (χ4v) is 12.2. The maximum atomic E-state index is 14.7. The van der Waals surface area contributed by atoms with Crippen molar-refractivity contribution in [1.29, 1.82) is 0 Å². The molecule has 0 rings (SSSR count). The quantitative estimate of drug-likeness (QED) is 0.0311. The number of nitrogens with two attached hydrogens (primary N) is 1. The van der Waals surface area contributed by atoms with Gasteiger partial charge in [-0.3, -0.25) is 14.4 Å². The summed E-state index contributed by atoms with van der Waals surface area (Å²) >= 11 is 0. The highest BCUT2D eigenvalue weighted by Crippen LogP contribution is 2.43. The molecule has 0 saturated carbocycles. The molecule has 0 fully saturated rings. The van der Waals surface area contributed by atoms with E-state index in [1.165, 1.54) is 12.2 Å². The molecule has 0 aromatic rings. The monoisotopic (exact) mass is 1010 g/mol. The van der Waals surface area contributed by atoms with Crippen LogP contribution in [0.25, 0.3) is 0 Å². The van der Waals surface area contributed by atoms with Crippen molar-refractivity contribution >= 4 is 42.9 Å². The van der Waals surface area contributed by atoms with E-state index in [2.05, 4.69) is 122 Å². The van der Waals surface area contributed by atoms with Gasteiger partial charge in [-0.2, -0.15) is 0 Å². The average Bonchev–Trinajstić information content (AvgIpc) is 3.20. The smallest absolute Gasteiger partial charge is 0.404 e. The van der Waals surface area contributed by atoms with Gasteiger partial charge in [0, 0.05) is 44.8 Å². The molecule has 0 aromatic carbocycles. The van der Waals surface area contributed by atoms with Gasteiger partial charge in [-0.1, -0.05) is 148 Å². The zero-order chi connectivity index (χ0) is 53.9. The largest absolute Gasteiger partial charge is 0.445 e. The number of carbonyl (C=O) groups excluding carboxylic acids is 3. The van der Waals surface area contributed by atoms with Crippen LogP contribution in [-0.4, -0.2) is 127 Å². The highest BCUT2D eigenvalue weighted by atomic mass is 28.4. The number of primary amides is 1. The molecule has 398 valence electrons. The number of rotatable bonds is 27. The Balaban J connectivity index is 6.91. The fraction of sp³-hybridized carbons (Fsp3) is 0.827. The summed E-state index contributed by atoms with van der Waals surface area (Å²) in [5.41, 5.74) is 5.63. The van der Waals surface area contributed by atoms with Crippen molar-refractivity contribution < 1.29 is 47.4 Å². The van der Waals surface area contributed by atoms with Crippen molar-refractivity contribution in [2.45, 2.75) is 208 Å². The minimum atomic E-state index is -2.46. The molecule has 0 radical (unpaired) electrons. The minimum Gasteiger partial charge on any atom is -0.445 e. The van der Waals surface area contributed by atoms with Gasteiger partial charge < -0.3 is 38.9 Å². The molecule has 0 bridgehead atoms. The van der Waals surface area contributed by atoms with Crippen LogP contribution in [0.4, 0.5) is 4.79 Å². The van der Waals surface area contributed by atoms with Crippen molar-refractivity contribution in [1.82, 2.24) is 9.96 Å². The average molecular weight is 1010 g/mol. The number of hydroxylamine groups is 2. The molecule has 0 spiro atoms. The van der Waals surface area contributed by atoms with Crippen molar-refractivity contribution in [3.8, 4) is 0 Å². The Labute approximate surface area is 418 Å². The second-order valence-electron chi connectivity index (χ2n) is 24.5. The molecule has 0 aliphatic heterocycles. The van der Waals surface area contributed by atoms with E-state index in [1.807, 2.05) is 53.0 Å². The summed E-state index contributed by atoms with van der Waals surface area (Å²) in [6, 6.07) is 0. The predicted molar refractivity (Wildman–Crippen MR) is 287 cm³/mol. The minimum absolute atomic E-state index is 0.0341. The topological polar surface area (TPSA) is 170 Å². The van der Waals surface area contributed by atoms with Crippen LogP contribution >= 0.6 is 0 Å². The van der Waals surface area contributed by atoms with Gasteiger partial charge >= 0.3 is 6.09 Å². The maximum absolute atomic E-state index is 14.7. The Morgan fingerprint density at radius 1 is 0.632 bits per heavy atom. The number of allylic oxidation sites excluding steroid dienone is 2. The first-order chi connectivity index (χ1) is 30.5. The van der Waals surface area contributed by atoms with Gasteiger partial charge in [-0.05, 0) is 66.2 Å². The third-order valence-corrected chi connectivity index (χ3v) is 29.1. The van der Waals surface area contributed by atoms with Gasteiger partial charge in [0.15, 0.2) is 25.0 Å². The zero-order valence-corrected chi connectivity index (χ0v) is 50.6. The molecule has 3 amide bonds. The summed E-state index contributed by atoms with van der Waals surface area (Å²) < 4.78 is 26.9. The number of amides is 3. The van der Waals surface area contributed by atoms with Gasteiger partial charge in [0.25, 0.3) is 5.91 Å². The van der Waals surface area contributed by atoms with Crippen LogP contribution in [0.3, 0.4) is 0 Å². The normalized spacial score (nSPS) is 19.5. The molecule has 0 aliphatic carbocycles. The lowest BCUT2D eigenvalue weighted by Gasteiger charge is -2.45. The molecule has 68 heavy (non-hydrogen) atoms. The van der Waals surface area contributed by atoms with Crippen LogP contribution < -0.4 is 5.73 Å². The third-order valence-electron chi connectivity index (χ3n) is 15.7. The molecule has 16 heteroatoms. The standard InChI is InChI=1S/C52H103N3O10Si3/c1-27-28-29-34(2)44(62-49(53)60)38(6)46(65-68(25,26)52(15,16)17)39(7)47(58)54(18)33-36(4)43(63-66(21,22)50(9,10)11)35(3)30-31-41(56)32-42(57)37(5)45(40(8)48(59)55(19)61-20)64-67(23,24)51(12,13)14/h27-31,34-46,56-57H,1,32-33H2,2-26H3,(H2,53,60)/b29-28-,31-30-/t34-,35-,36-,37-,38+,39+,40+,41+,42-,43-,44-,45-,46-/m0/s1. The summed E-state index contributed by atoms with van der Waals surface area (Å²) in [7, 11) is -2.40. The number of aliphatic hydroxyl groups excluding tert-OH is 2. The first-order valence-electron chi connectivity index (χ1n) is 24.9. The molecule has 0 aromatic heterocycles. The van der Waals surface area contributed by atoms with E-state index in [1.54, 1.807) is 31.0 Å². The highest BCUT2D eigenvalue weighted by Gasteiger charge is 2.48. The van der Waals surface area contributed by atoms with E-state index in [9.17, 15) is 24.6 Å². The number of aliphatic hydroxyl groups is 2. The second kappa shape index (κ2) is 26.5. The van der Waals surface area contributed by atoms with Gasteiger partial charge in [-0.15, -0.1) is 0 Å². The molecular weight excluding hydrogens is 911 g/mol. The van der Waals surface area contributed by atoms with Crippen LogP contribution in [0.5, 0.6) is 0 Å². The molecule has 13 atom stereocenters. The molecule has 0 saturated heterocycles. The van der Waals surface area contributed by atoms with Crippen LogP contribution in [0.1, 0.15) is 117 Å². The molecule has 0 heterocycles. The summed E-state index contributed by atoms with van der Waals surface area (Å²) in [5, 5.41) is 23.9. The van der Waals surface area contributed by atoms with E-state index < -0.39 is 85.2 Å². The number of hydrogen-bond acceptors (Lipinski definition) is 10. The van der Waals surface area contributed by atoms with Gasteiger partial charge in [0.05, 0.1) is 49.5 Å². The van der Waals surface area contributed by atoms with E-state index in [4.69, 9.17) is 28.6 Å². The second-order valence-corrected chi connectivity index (χ2v) is 38.8. The lowest BCUT2D eigenvalue weighted by molar-refractivity contribution is -0.177. The first kappa shape index (κ1) is 65.8. The van der Waals surface area contributed by atoms with Crippen molar-refractivity contribution in [2.24, 2.45) is 47.2 Å². The van der Waals surface area contributed by atoms with Gasteiger partial charge in [-0.25, -0.2) is 9.86 Å². The highest BCUT2D eigenvalue weighted by molar-refractivity contribution is 6.75. The van der Waals surface area contributed by atoms with E-state index in [0.717, 1.165) is 0 Å². The maximum Gasteiger partial charge on any atom is 0.404 e. The van der Waals surface area contributed by atoms with E-state index >= 15 is 0 Å². The van der Waals surface area contributed by atoms with Crippen molar-refractivity contribution in [3.63, 3.8) is 0 Å². The lowest BCUT2D eigenvalue weighted by Crippen LogP contribution is -2.54. The van der Waals surface area contributed by atoms with Crippen LogP contribution in [0.15, 0.2) is 37.0 Å². The third kappa shape index (κ3) is 19.1. The number of ether oxygens (including phenoxy) is 1. The Hall–Kier alpha value is -2.16. The van der Waals surface area contributed by atoms with E-state index in [0.29, 0.717) is 6.54 Å². The first-order valence-corrected chi connectivity index (χ1v) is 33.7. The zero-order valence-electron chi connectivity index (χ0n) is 47.6. The molecule has 4 N–H and O–H groups in total. The Kier molecular flexibility index (Phi) is 25.7. The van der Waals surface area contributed by atoms with Crippen LogP contribution in [-0.2, 0) is 32.4 Å². The Bertz CT molecular complexity index is 1650. The predicted octanol–water partition coefficient (Wildman–Crippen LogP) is 11.0. The SMILES string of the molecule is C=C/C=C\[C@H](C)[C@H](OC(N)=O)[C@@H](C)[C@H](O[Si](C)(C)C(C)(C)C)[C@@H](C)C(=O)N(C)C[C@H](C)[C@@H](O[Si](C)(C)C(C)(C)C)[C@@H](C)/C=C\[C@@H](O)C[C@H](O)[C@H](C)[C@H](O[Si](C)(C)C(C)(C)C)[C@@H](C)C(=O)N(C)OC. The fourth-order valence-electron chi connectivity index (χ4n) is 7.80. The molecule has 13 nitrogen and oxygen atoms in total. The van der Waals surface area contributed by atoms with Gasteiger partial charge in [0.2, 0.25) is 5.91 Å². The number of nitrogens with zero attached hydrogens (tertiary/aromatic N) is 2. The van der Waals surface area contributed by atoms with Crippen molar-refractivity contribution in [2.75, 3.05) is 27.7 Å². The summed E-state index contributed by atoms with van der Waals surface area (Å²) in [6.45, 7) is 50.3. The summed E-state index contributed by atoms with van der Waals surface area (Å²) in [6.07, 6.45) is 4.01. The molecule has 0 aliphatic rings. The van der Waals surface area contributed by atoms with E-state index in [-0.39, 0.29) is 57.2 Å². The van der Waals surface area contributed by atoms with Gasteiger partial charge in [0.1, 0.15) is 6.10 Å². The number of carbonyl (C=O) groups is 3. The summed E-state index contributed by atoms with van der Waals surface area (Å²) in [5.74, 6) is -3.05.